The van der Waals surface area contributed by atoms with Gasteiger partial charge < -0.3 is 10.1 Å². The predicted octanol–water partition coefficient (Wildman–Crippen LogP) is 3.80. The van der Waals surface area contributed by atoms with E-state index in [0.717, 1.165) is 6.07 Å². The van der Waals surface area contributed by atoms with Crippen LogP contribution in [-0.4, -0.2) is 23.2 Å². The molecule has 0 bridgehead atoms. The molecular formula is C15H18F2N2O4. The molecule has 126 valence electrons. The number of nitrogens with zero attached hydrogens (tertiary/aromatic N) is 1. The molecule has 0 saturated carbocycles. The van der Waals surface area contributed by atoms with Crippen molar-refractivity contribution in [3.8, 4) is 0 Å². The van der Waals surface area contributed by atoms with Crippen LogP contribution in [0.3, 0.4) is 0 Å². The molecule has 1 aromatic rings. The average Bonchev–Trinajstić information content (AvgIpc) is 2.39. The maximum absolute atomic E-state index is 13.6. The van der Waals surface area contributed by atoms with E-state index in [-0.39, 0.29) is 12.1 Å². The highest BCUT2D eigenvalue weighted by molar-refractivity contribution is 5.67. The number of alkyl carbamates (subject to hydrolysis) is 1. The van der Waals surface area contributed by atoms with Crippen molar-refractivity contribution in [1.82, 2.24) is 5.32 Å². The Morgan fingerprint density at radius 3 is 2.57 bits per heavy atom. The standard InChI is InChI=1S/C15H18F2N2O4/c1-15(2,3)23-14(20)18-7-5-4-6-10-8-12(17)13(19(21)22)9-11(10)16/h4,6,8-9H,5,7H2,1-3H3,(H,18,20). The summed E-state index contributed by atoms with van der Waals surface area (Å²) in [4.78, 5) is 20.8. The molecule has 1 amide bonds. The van der Waals surface area contributed by atoms with Gasteiger partial charge in [-0.05, 0) is 33.3 Å². The van der Waals surface area contributed by atoms with Crippen molar-refractivity contribution in [2.45, 2.75) is 32.8 Å². The van der Waals surface area contributed by atoms with Crippen LogP contribution in [0, 0.1) is 21.7 Å². The van der Waals surface area contributed by atoms with Crippen LogP contribution < -0.4 is 5.32 Å². The quantitative estimate of drug-likeness (QED) is 0.506. The SMILES string of the molecule is CC(C)(C)OC(=O)NCCC=Cc1cc(F)c([N+](=O)[O-])cc1F. The van der Waals surface area contributed by atoms with Crippen molar-refractivity contribution in [3.05, 3.63) is 45.5 Å². The van der Waals surface area contributed by atoms with Crippen molar-refractivity contribution in [2.75, 3.05) is 6.54 Å². The van der Waals surface area contributed by atoms with Crippen molar-refractivity contribution in [2.24, 2.45) is 0 Å². The van der Waals surface area contributed by atoms with Gasteiger partial charge in [-0.15, -0.1) is 0 Å². The Hall–Kier alpha value is -2.51. The zero-order valence-electron chi connectivity index (χ0n) is 13.1. The van der Waals surface area contributed by atoms with Crippen molar-refractivity contribution < 1.29 is 23.2 Å². The first kappa shape index (κ1) is 18.5. The maximum atomic E-state index is 13.6. The van der Waals surface area contributed by atoms with E-state index in [9.17, 15) is 23.7 Å². The molecule has 0 spiro atoms. The maximum Gasteiger partial charge on any atom is 0.407 e. The molecule has 0 aliphatic rings. The molecule has 1 rings (SSSR count). The van der Waals surface area contributed by atoms with E-state index in [2.05, 4.69) is 5.32 Å². The Kier molecular flexibility index (Phi) is 6.18. The lowest BCUT2D eigenvalue weighted by atomic mass is 10.1. The Morgan fingerprint density at radius 1 is 1.35 bits per heavy atom. The van der Waals surface area contributed by atoms with Gasteiger partial charge in [-0.25, -0.2) is 9.18 Å². The summed E-state index contributed by atoms with van der Waals surface area (Å²) in [5.41, 5.74) is -1.61. The third kappa shape index (κ3) is 6.41. The molecule has 6 nitrogen and oxygen atoms in total. The van der Waals surface area contributed by atoms with Crippen LogP contribution in [0.4, 0.5) is 19.3 Å². The highest BCUT2D eigenvalue weighted by atomic mass is 19.1. The number of nitro benzene ring substituents is 1. The minimum atomic E-state index is -1.11. The zero-order valence-corrected chi connectivity index (χ0v) is 13.1. The van der Waals surface area contributed by atoms with Crippen molar-refractivity contribution in [3.63, 3.8) is 0 Å². The van der Waals surface area contributed by atoms with Crippen LogP contribution in [0.1, 0.15) is 32.8 Å². The van der Waals surface area contributed by atoms with Crippen LogP contribution in [0.2, 0.25) is 0 Å². The predicted molar refractivity (Wildman–Crippen MR) is 80.9 cm³/mol. The Bertz CT molecular complexity index is 625. The molecule has 1 N–H and O–H groups in total. The summed E-state index contributed by atoms with van der Waals surface area (Å²) in [6.07, 6.45) is 2.59. The van der Waals surface area contributed by atoms with E-state index in [1.165, 1.54) is 12.2 Å². The normalized spacial score (nSPS) is 11.5. The number of amides is 1. The summed E-state index contributed by atoms with van der Waals surface area (Å²) < 4.78 is 32.0. The molecule has 0 fully saturated rings. The fourth-order valence-electron chi connectivity index (χ4n) is 1.60. The molecule has 8 heteroatoms. The van der Waals surface area contributed by atoms with Gasteiger partial charge in [-0.3, -0.25) is 10.1 Å². The van der Waals surface area contributed by atoms with Gasteiger partial charge in [0.2, 0.25) is 5.82 Å². The van der Waals surface area contributed by atoms with Crippen LogP contribution in [-0.2, 0) is 4.74 Å². The summed E-state index contributed by atoms with van der Waals surface area (Å²) in [6.45, 7) is 5.46. The van der Waals surface area contributed by atoms with Crippen LogP contribution in [0.25, 0.3) is 6.08 Å². The molecule has 0 aromatic heterocycles. The smallest absolute Gasteiger partial charge is 0.407 e. The van der Waals surface area contributed by atoms with Crippen LogP contribution >= 0.6 is 0 Å². The Morgan fingerprint density at radius 2 is 2.00 bits per heavy atom. The molecule has 0 atom stereocenters. The summed E-state index contributed by atoms with van der Waals surface area (Å²) >= 11 is 0. The number of hydrogen-bond donors (Lipinski definition) is 1. The number of carbonyl (C=O) groups is 1. The van der Waals surface area contributed by atoms with E-state index < -0.39 is 33.9 Å². The van der Waals surface area contributed by atoms with Gasteiger partial charge in [0.25, 0.3) is 0 Å². The number of benzene rings is 1. The number of nitro groups is 1. The van der Waals surface area contributed by atoms with E-state index in [1.807, 2.05) is 0 Å². The fraction of sp³-hybridized carbons (Fsp3) is 0.400. The van der Waals surface area contributed by atoms with Crippen LogP contribution in [0.5, 0.6) is 0 Å². The summed E-state index contributed by atoms with van der Waals surface area (Å²) in [7, 11) is 0. The highest BCUT2D eigenvalue weighted by Gasteiger charge is 2.17. The van der Waals surface area contributed by atoms with E-state index >= 15 is 0 Å². The third-order valence-electron chi connectivity index (χ3n) is 2.54. The molecular weight excluding hydrogens is 310 g/mol. The monoisotopic (exact) mass is 328 g/mol. The van der Waals surface area contributed by atoms with E-state index in [1.54, 1.807) is 20.8 Å². The second kappa shape index (κ2) is 7.66. The molecule has 0 aliphatic heterocycles. The molecule has 0 heterocycles. The molecule has 0 radical (unpaired) electrons. The summed E-state index contributed by atoms with van der Waals surface area (Å²) in [5, 5.41) is 13.0. The first-order valence-electron chi connectivity index (χ1n) is 6.87. The van der Waals surface area contributed by atoms with E-state index in [0.29, 0.717) is 12.5 Å². The number of nitrogens with one attached hydrogen (secondary N) is 1. The summed E-state index contributed by atoms with van der Waals surface area (Å²) in [6, 6.07) is 1.29. The minimum absolute atomic E-state index is 0.106. The van der Waals surface area contributed by atoms with Gasteiger partial charge in [0.1, 0.15) is 11.4 Å². The first-order valence-corrected chi connectivity index (χ1v) is 6.87. The lowest BCUT2D eigenvalue weighted by molar-refractivity contribution is -0.387. The second-order valence-corrected chi connectivity index (χ2v) is 5.70. The summed E-state index contributed by atoms with van der Waals surface area (Å²) in [5.74, 6) is -2.00. The first-order chi connectivity index (χ1) is 10.6. The topological polar surface area (TPSA) is 81.5 Å². The average molecular weight is 328 g/mol. The second-order valence-electron chi connectivity index (χ2n) is 5.70. The number of hydrogen-bond acceptors (Lipinski definition) is 4. The highest BCUT2D eigenvalue weighted by Crippen LogP contribution is 2.22. The van der Waals surface area contributed by atoms with Crippen molar-refractivity contribution >= 4 is 17.9 Å². The molecule has 0 saturated heterocycles. The Balaban J connectivity index is 2.54. The van der Waals surface area contributed by atoms with E-state index in [4.69, 9.17) is 4.74 Å². The van der Waals surface area contributed by atoms with Gasteiger partial charge in [0.05, 0.1) is 11.0 Å². The number of rotatable bonds is 5. The van der Waals surface area contributed by atoms with Crippen molar-refractivity contribution in [1.29, 1.82) is 0 Å². The third-order valence-corrected chi connectivity index (χ3v) is 2.54. The molecule has 1 aromatic carbocycles. The molecule has 23 heavy (non-hydrogen) atoms. The Labute approximate surface area is 132 Å². The number of carbonyl (C=O) groups excluding carboxylic acids is 1. The molecule has 0 unspecified atom stereocenters. The number of halogens is 2. The number of ether oxygens (including phenoxy) is 1. The molecule has 0 aliphatic carbocycles. The van der Waals surface area contributed by atoms with Gasteiger partial charge >= 0.3 is 11.8 Å². The zero-order chi connectivity index (χ0) is 17.6. The largest absolute Gasteiger partial charge is 0.444 e. The van der Waals surface area contributed by atoms with Gasteiger partial charge in [0, 0.05) is 12.1 Å². The fourth-order valence-corrected chi connectivity index (χ4v) is 1.60. The van der Waals surface area contributed by atoms with Crippen LogP contribution in [0.15, 0.2) is 18.2 Å². The minimum Gasteiger partial charge on any atom is -0.444 e. The van der Waals surface area contributed by atoms with Gasteiger partial charge in [0.15, 0.2) is 0 Å². The van der Waals surface area contributed by atoms with Gasteiger partial charge in [-0.1, -0.05) is 12.2 Å². The lowest BCUT2D eigenvalue weighted by Crippen LogP contribution is -2.32. The van der Waals surface area contributed by atoms with Gasteiger partial charge in [-0.2, -0.15) is 4.39 Å². The lowest BCUT2D eigenvalue weighted by Gasteiger charge is -2.19.